The van der Waals surface area contributed by atoms with Crippen molar-refractivity contribution in [3.05, 3.63) is 34.3 Å². The molecule has 1 N–H and O–H groups in total. The van der Waals surface area contributed by atoms with Crippen LogP contribution in [0.5, 0.6) is 0 Å². The molecule has 108 valence electrons. The van der Waals surface area contributed by atoms with Crippen LogP contribution in [0.15, 0.2) is 28.7 Å². The lowest BCUT2D eigenvalue weighted by atomic mass is 9.95. The number of benzene rings is 1. The van der Waals surface area contributed by atoms with Gasteiger partial charge in [0, 0.05) is 16.8 Å². The molecule has 1 rings (SSSR count). The zero-order valence-electron chi connectivity index (χ0n) is 11.9. The van der Waals surface area contributed by atoms with Crippen molar-refractivity contribution >= 4 is 25.8 Å². The highest BCUT2D eigenvalue weighted by Gasteiger charge is 2.38. The Labute approximate surface area is 124 Å². The predicted octanol–water partition coefficient (Wildman–Crippen LogP) is 2.79. The van der Waals surface area contributed by atoms with Gasteiger partial charge in [-0.15, -0.1) is 0 Å². The molecule has 0 aliphatic heterocycles. The number of rotatable bonds is 6. The summed E-state index contributed by atoms with van der Waals surface area (Å²) in [5.74, 6) is 0. The number of likely N-dealkylation sites (N-methyl/N-ethyl adjacent to an activating group) is 1. The van der Waals surface area contributed by atoms with Gasteiger partial charge in [0.2, 0.25) is 0 Å². The quantitative estimate of drug-likeness (QED) is 0.860. The molecular formula is C14H22BrNO2S. The summed E-state index contributed by atoms with van der Waals surface area (Å²) in [6.07, 6.45) is 1.98. The Kier molecular flexibility index (Phi) is 5.59. The van der Waals surface area contributed by atoms with Gasteiger partial charge in [-0.3, -0.25) is 0 Å². The van der Waals surface area contributed by atoms with Crippen LogP contribution >= 0.6 is 15.9 Å². The van der Waals surface area contributed by atoms with E-state index in [1.807, 2.05) is 31.2 Å². The van der Waals surface area contributed by atoms with Gasteiger partial charge in [-0.05, 0) is 38.4 Å². The minimum Gasteiger partial charge on any atom is -0.312 e. The minimum atomic E-state index is -3.13. The van der Waals surface area contributed by atoms with Gasteiger partial charge >= 0.3 is 0 Å². The summed E-state index contributed by atoms with van der Waals surface area (Å²) in [6.45, 7) is 6.30. The largest absolute Gasteiger partial charge is 0.312 e. The Morgan fingerprint density at radius 2 is 1.89 bits per heavy atom. The molecule has 0 saturated carbocycles. The summed E-state index contributed by atoms with van der Waals surface area (Å²) >= 11 is 3.52. The predicted molar refractivity (Wildman–Crippen MR) is 84.2 cm³/mol. The van der Waals surface area contributed by atoms with E-state index in [0.717, 1.165) is 16.6 Å². The van der Waals surface area contributed by atoms with E-state index < -0.39 is 14.6 Å². The monoisotopic (exact) mass is 347 g/mol. The van der Waals surface area contributed by atoms with Crippen LogP contribution in [0.2, 0.25) is 0 Å². The Balaban J connectivity index is 3.06. The summed E-state index contributed by atoms with van der Waals surface area (Å²) in [5.41, 5.74) is 1.12. The van der Waals surface area contributed by atoms with Crippen LogP contribution in [0, 0.1) is 0 Å². The molecule has 0 aliphatic rings. The van der Waals surface area contributed by atoms with Gasteiger partial charge in [0.15, 0.2) is 9.84 Å². The van der Waals surface area contributed by atoms with Gasteiger partial charge in [-0.2, -0.15) is 0 Å². The SMILES string of the molecule is CCNC(Cc1ccccc1Br)C(C)(C)S(C)(=O)=O. The van der Waals surface area contributed by atoms with E-state index in [9.17, 15) is 8.42 Å². The Morgan fingerprint density at radius 1 is 1.32 bits per heavy atom. The average molecular weight is 348 g/mol. The van der Waals surface area contributed by atoms with E-state index in [4.69, 9.17) is 0 Å². The molecular weight excluding hydrogens is 326 g/mol. The number of nitrogens with one attached hydrogen (secondary N) is 1. The van der Waals surface area contributed by atoms with E-state index >= 15 is 0 Å². The first-order chi connectivity index (χ1) is 8.70. The van der Waals surface area contributed by atoms with Gasteiger partial charge in [-0.1, -0.05) is 41.1 Å². The van der Waals surface area contributed by atoms with Crippen molar-refractivity contribution in [2.45, 2.75) is 38.0 Å². The molecule has 0 fully saturated rings. The van der Waals surface area contributed by atoms with Gasteiger partial charge in [0.05, 0.1) is 4.75 Å². The van der Waals surface area contributed by atoms with Gasteiger partial charge in [0.25, 0.3) is 0 Å². The highest BCUT2D eigenvalue weighted by molar-refractivity contribution is 9.10. The van der Waals surface area contributed by atoms with Crippen molar-refractivity contribution in [2.75, 3.05) is 12.8 Å². The fourth-order valence-corrected chi connectivity index (χ4v) is 3.08. The first-order valence-electron chi connectivity index (χ1n) is 6.36. The van der Waals surface area contributed by atoms with Crippen LogP contribution in [0.4, 0.5) is 0 Å². The molecule has 1 aromatic rings. The molecule has 1 unspecified atom stereocenters. The first kappa shape index (κ1) is 16.7. The molecule has 3 nitrogen and oxygen atoms in total. The minimum absolute atomic E-state index is 0.119. The second kappa shape index (κ2) is 6.37. The molecule has 0 radical (unpaired) electrons. The van der Waals surface area contributed by atoms with Crippen molar-refractivity contribution in [2.24, 2.45) is 0 Å². The molecule has 0 spiro atoms. The molecule has 0 aromatic heterocycles. The molecule has 19 heavy (non-hydrogen) atoms. The molecule has 1 aromatic carbocycles. The van der Waals surface area contributed by atoms with Crippen molar-refractivity contribution in [1.82, 2.24) is 5.32 Å². The van der Waals surface area contributed by atoms with Crippen molar-refractivity contribution in [3.8, 4) is 0 Å². The number of hydrogen-bond acceptors (Lipinski definition) is 3. The highest BCUT2D eigenvalue weighted by Crippen LogP contribution is 2.26. The Hall–Kier alpha value is -0.390. The maximum absolute atomic E-state index is 12.0. The third-order valence-electron chi connectivity index (χ3n) is 3.63. The fraction of sp³-hybridized carbons (Fsp3) is 0.571. The average Bonchev–Trinajstić information content (AvgIpc) is 2.29. The molecule has 1 atom stereocenters. The van der Waals surface area contributed by atoms with Gasteiger partial charge in [-0.25, -0.2) is 8.42 Å². The van der Waals surface area contributed by atoms with Crippen LogP contribution in [0.3, 0.4) is 0 Å². The number of sulfone groups is 1. The van der Waals surface area contributed by atoms with E-state index in [-0.39, 0.29) is 6.04 Å². The smallest absolute Gasteiger partial charge is 0.154 e. The molecule has 5 heteroatoms. The van der Waals surface area contributed by atoms with Crippen LogP contribution in [-0.2, 0) is 16.3 Å². The third kappa shape index (κ3) is 4.04. The van der Waals surface area contributed by atoms with E-state index in [2.05, 4.69) is 21.2 Å². The van der Waals surface area contributed by atoms with Crippen LogP contribution in [0.25, 0.3) is 0 Å². The van der Waals surface area contributed by atoms with Gasteiger partial charge in [0.1, 0.15) is 0 Å². The highest BCUT2D eigenvalue weighted by atomic mass is 79.9. The molecule has 0 bridgehead atoms. The summed E-state index contributed by atoms with van der Waals surface area (Å²) in [7, 11) is -3.13. The summed E-state index contributed by atoms with van der Waals surface area (Å²) in [5, 5.41) is 3.31. The zero-order valence-corrected chi connectivity index (χ0v) is 14.3. The Morgan fingerprint density at radius 3 is 2.37 bits per heavy atom. The van der Waals surface area contributed by atoms with Crippen molar-refractivity contribution in [1.29, 1.82) is 0 Å². The Bertz CT molecular complexity index is 526. The van der Waals surface area contributed by atoms with Crippen LogP contribution in [-0.4, -0.2) is 32.0 Å². The maximum Gasteiger partial charge on any atom is 0.154 e. The van der Waals surface area contributed by atoms with Crippen LogP contribution in [0.1, 0.15) is 26.3 Å². The lowest BCUT2D eigenvalue weighted by Crippen LogP contribution is -2.52. The second-order valence-corrected chi connectivity index (χ2v) is 8.73. The molecule has 0 heterocycles. The van der Waals surface area contributed by atoms with Gasteiger partial charge < -0.3 is 5.32 Å². The number of halogens is 1. The molecule has 0 saturated heterocycles. The molecule has 0 amide bonds. The van der Waals surface area contributed by atoms with Crippen LogP contribution < -0.4 is 5.32 Å². The zero-order chi connectivity index (χ0) is 14.7. The first-order valence-corrected chi connectivity index (χ1v) is 9.05. The normalized spacial score (nSPS) is 14.4. The maximum atomic E-state index is 12.0. The summed E-state index contributed by atoms with van der Waals surface area (Å²) in [6, 6.07) is 7.80. The third-order valence-corrected chi connectivity index (χ3v) is 6.60. The standard InChI is InChI=1S/C14H22BrNO2S/c1-5-16-13(14(2,3)19(4,17)18)10-11-8-6-7-9-12(11)15/h6-9,13,16H,5,10H2,1-4H3. The lowest BCUT2D eigenvalue weighted by Gasteiger charge is -2.33. The van der Waals surface area contributed by atoms with E-state index in [1.54, 1.807) is 13.8 Å². The topological polar surface area (TPSA) is 46.2 Å². The fourth-order valence-electron chi connectivity index (χ4n) is 1.95. The van der Waals surface area contributed by atoms with Crippen molar-refractivity contribution < 1.29 is 8.42 Å². The summed E-state index contributed by atoms with van der Waals surface area (Å²) < 4.78 is 24.2. The number of hydrogen-bond donors (Lipinski definition) is 1. The van der Waals surface area contributed by atoms with E-state index in [1.165, 1.54) is 6.26 Å². The lowest BCUT2D eigenvalue weighted by molar-refractivity contribution is 0.413. The summed E-state index contributed by atoms with van der Waals surface area (Å²) in [4.78, 5) is 0. The second-order valence-electron chi connectivity index (χ2n) is 5.28. The van der Waals surface area contributed by atoms with Crippen molar-refractivity contribution in [3.63, 3.8) is 0 Å². The van der Waals surface area contributed by atoms with E-state index in [0.29, 0.717) is 6.42 Å². The molecule has 0 aliphatic carbocycles.